The number of hydrogen-bond acceptors (Lipinski definition) is 5. The molecule has 0 spiro atoms. The van der Waals surface area contributed by atoms with Crippen molar-refractivity contribution < 1.29 is 36.2 Å². The van der Waals surface area contributed by atoms with Gasteiger partial charge >= 0.3 is 6.18 Å². The summed E-state index contributed by atoms with van der Waals surface area (Å²) < 4.78 is 71.4. The molecule has 1 amide bonds. The van der Waals surface area contributed by atoms with Crippen LogP contribution in [0.25, 0.3) is 0 Å². The van der Waals surface area contributed by atoms with Gasteiger partial charge in [-0.25, -0.2) is 8.42 Å². The van der Waals surface area contributed by atoms with Crippen LogP contribution in [0.4, 0.5) is 13.2 Å². The number of halogens is 3. The van der Waals surface area contributed by atoms with E-state index in [1.54, 1.807) is 13.8 Å². The number of aliphatic hydroxyl groups is 1. The maximum atomic E-state index is 13.2. The van der Waals surface area contributed by atoms with Gasteiger partial charge in [-0.15, -0.1) is 0 Å². The maximum absolute atomic E-state index is 13.2. The van der Waals surface area contributed by atoms with Crippen LogP contribution in [0.15, 0.2) is 47.4 Å². The van der Waals surface area contributed by atoms with Gasteiger partial charge in [0.15, 0.2) is 0 Å². The van der Waals surface area contributed by atoms with Gasteiger partial charge in [0.25, 0.3) is 5.91 Å². The Bertz CT molecular complexity index is 1050. The van der Waals surface area contributed by atoms with Gasteiger partial charge < -0.3 is 15.2 Å². The first kappa shape index (κ1) is 25.6. The Hall–Kier alpha value is -2.63. The van der Waals surface area contributed by atoms with Crippen molar-refractivity contribution in [2.75, 3.05) is 26.7 Å². The molecule has 1 atom stereocenters. The third-order valence-electron chi connectivity index (χ3n) is 4.84. The molecule has 32 heavy (non-hydrogen) atoms. The molecule has 0 aliphatic carbocycles. The summed E-state index contributed by atoms with van der Waals surface area (Å²) in [5, 5.41) is 12.6. The van der Waals surface area contributed by atoms with Gasteiger partial charge in [0, 0.05) is 19.6 Å². The number of benzene rings is 2. The highest BCUT2D eigenvalue weighted by molar-refractivity contribution is 7.89. The van der Waals surface area contributed by atoms with Crippen molar-refractivity contribution in [3.63, 3.8) is 0 Å². The third kappa shape index (κ3) is 5.59. The van der Waals surface area contributed by atoms with Crippen molar-refractivity contribution in [1.29, 1.82) is 0 Å². The van der Waals surface area contributed by atoms with Gasteiger partial charge in [-0.2, -0.15) is 17.5 Å². The van der Waals surface area contributed by atoms with Gasteiger partial charge in [-0.05, 0) is 29.8 Å². The molecule has 0 saturated carbocycles. The van der Waals surface area contributed by atoms with Crippen LogP contribution in [0.5, 0.6) is 5.75 Å². The largest absolute Gasteiger partial charge is 0.496 e. The molecule has 0 aliphatic heterocycles. The molecule has 2 rings (SSSR count). The monoisotopic (exact) mass is 474 g/mol. The molecule has 0 fully saturated rings. The van der Waals surface area contributed by atoms with Crippen molar-refractivity contribution in [3.05, 3.63) is 59.2 Å². The van der Waals surface area contributed by atoms with Gasteiger partial charge in [0.2, 0.25) is 10.0 Å². The van der Waals surface area contributed by atoms with Crippen molar-refractivity contribution in [1.82, 2.24) is 9.62 Å². The second-order valence-corrected chi connectivity index (χ2v) is 8.70. The fourth-order valence-electron chi connectivity index (χ4n) is 3.18. The van der Waals surface area contributed by atoms with E-state index in [4.69, 9.17) is 4.74 Å². The molecular weight excluding hydrogens is 449 g/mol. The van der Waals surface area contributed by atoms with Crippen LogP contribution >= 0.6 is 0 Å². The Labute approximate surface area is 184 Å². The smallest absolute Gasteiger partial charge is 0.416 e. The Balaban J connectivity index is 2.29. The number of aliphatic hydroxyl groups excluding tert-OH is 1. The number of rotatable bonds is 9. The lowest BCUT2D eigenvalue weighted by molar-refractivity contribution is -0.139. The van der Waals surface area contributed by atoms with E-state index in [2.05, 4.69) is 5.32 Å². The van der Waals surface area contributed by atoms with E-state index in [-0.39, 0.29) is 34.9 Å². The summed E-state index contributed by atoms with van der Waals surface area (Å²) in [6.45, 7) is 3.30. The van der Waals surface area contributed by atoms with E-state index < -0.39 is 40.3 Å². The SMILES string of the molecule is CCN(CC)S(=O)(=O)c1ccc(OC)c(C(=O)NCC(O)c2ccccc2C(F)(F)F)c1. The molecule has 0 bridgehead atoms. The Morgan fingerprint density at radius 2 is 1.78 bits per heavy atom. The summed E-state index contributed by atoms with van der Waals surface area (Å²) in [5.41, 5.74) is -1.52. The van der Waals surface area contributed by atoms with Crippen LogP contribution in [0, 0.1) is 0 Å². The molecule has 176 valence electrons. The van der Waals surface area contributed by atoms with Crippen molar-refractivity contribution >= 4 is 15.9 Å². The molecular formula is C21H25F3N2O5S. The van der Waals surface area contributed by atoms with Crippen LogP contribution in [0.3, 0.4) is 0 Å². The fraction of sp³-hybridized carbons (Fsp3) is 0.381. The molecule has 1 unspecified atom stereocenters. The van der Waals surface area contributed by atoms with Crippen LogP contribution in [-0.4, -0.2) is 50.5 Å². The molecule has 0 saturated heterocycles. The lowest BCUT2D eigenvalue weighted by atomic mass is 10.0. The van der Waals surface area contributed by atoms with E-state index in [9.17, 15) is 31.5 Å². The summed E-state index contributed by atoms with van der Waals surface area (Å²) >= 11 is 0. The molecule has 0 heterocycles. The lowest BCUT2D eigenvalue weighted by Crippen LogP contribution is -2.32. The van der Waals surface area contributed by atoms with Crippen LogP contribution in [0.1, 0.15) is 41.4 Å². The minimum atomic E-state index is -4.67. The molecule has 2 aromatic carbocycles. The summed E-state index contributed by atoms with van der Waals surface area (Å²) in [7, 11) is -2.56. The Kier molecular flexibility index (Phi) is 8.27. The maximum Gasteiger partial charge on any atom is 0.416 e. The number of alkyl halides is 3. The first-order valence-corrected chi connectivity index (χ1v) is 11.2. The quantitative estimate of drug-likeness (QED) is 0.582. The van der Waals surface area contributed by atoms with Gasteiger partial charge in [0.05, 0.1) is 29.2 Å². The predicted octanol–water partition coefficient (Wildman–Crippen LogP) is 3.21. The molecule has 0 aliphatic rings. The zero-order chi connectivity index (χ0) is 24.1. The topological polar surface area (TPSA) is 95.9 Å². The average molecular weight is 475 g/mol. The third-order valence-corrected chi connectivity index (χ3v) is 6.89. The lowest BCUT2D eigenvalue weighted by Gasteiger charge is -2.20. The number of nitrogens with zero attached hydrogens (tertiary/aromatic N) is 1. The summed E-state index contributed by atoms with van der Waals surface area (Å²) in [5.74, 6) is -0.729. The number of amides is 1. The zero-order valence-electron chi connectivity index (χ0n) is 17.8. The molecule has 0 aromatic heterocycles. The minimum Gasteiger partial charge on any atom is -0.496 e. The normalized spacial score (nSPS) is 13.1. The molecule has 7 nitrogen and oxygen atoms in total. The molecule has 0 radical (unpaired) electrons. The molecule has 11 heteroatoms. The van der Waals surface area contributed by atoms with Gasteiger partial charge in [-0.1, -0.05) is 32.0 Å². The Morgan fingerprint density at radius 1 is 1.16 bits per heavy atom. The van der Waals surface area contributed by atoms with Crippen LogP contribution in [-0.2, 0) is 16.2 Å². The standard InChI is InChI=1S/C21H25F3N2O5S/c1-4-26(5-2)32(29,30)14-10-11-19(31-3)16(12-14)20(28)25-13-18(27)15-8-6-7-9-17(15)21(22,23)24/h6-12,18,27H,4-5,13H2,1-3H3,(H,25,28). The highest BCUT2D eigenvalue weighted by Crippen LogP contribution is 2.34. The van der Waals surface area contributed by atoms with Crippen molar-refractivity contribution in [3.8, 4) is 5.75 Å². The van der Waals surface area contributed by atoms with Crippen molar-refractivity contribution in [2.45, 2.75) is 31.0 Å². The van der Waals surface area contributed by atoms with E-state index >= 15 is 0 Å². The van der Waals surface area contributed by atoms with E-state index in [0.717, 1.165) is 18.2 Å². The number of ether oxygens (including phenoxy) is 1. The first-order valence-electron chi connectivity index (χ1n) is 9.77. The average Bonchev–Trinajstić information content (AvgIpc) is 2.76. The molecule has 2 N–H and O–H groups in total. The number of methoxy groups -OCH3 is 1. The highest BCUT2D eigenvalue weighted by atomic mass is 32.2. The Morgan fingerprint density at radius 3 is 2.34 bits per heavy atom. The number of carbonyl (C=O) groups is 1. The van der Waals surface area contributed by atoms with Gasteiger partial charge in [-0.3, -0.25) is 4.79 Å². The highest BCUT2D eigenvalue weighted by Gasteiger charge is 2.34. The second kappa shape index (κ2) is 10.3. The zero-order valence-corrected chi connectivity index (χ0v) is 18.6. The van der Waals surface area contributed by atoms with E-state index in [0.29, 0.717) is 0 Å². The summed E-state index contributed by atoms with van der Waals surface area (Å²) in [4.78, 5) is 12.6. The minimum absolute atomic E-state index is 0.0752. The van der Waals surface area contributed by atoms with E-state index in [1.165, 1.54) is 35.7 Å². The predicted molar refractivity (Wildman–Crippen MR) is 112 cm³/mol. The second-order valence-electron chi connectivity index (χ2n) is 6.76. The number of nitrogens with one attached hydrogen (secondary N) is 1. The summed E-state index contributed by atoms with van der Waals surface area (Å²) in [6.07, 6.45) is -6.30. The van der Waals surface area contributed by atoms with Crippen molar-refractivity contribution in [2.24, 2.45) is 0 Å². The molecule has 2 aromatic rings. The number of hydrogen-bond donors (Lipinski definition) is 2. The first-order chi connectivity index (χ1) is 15.0. The van der Waals surface area contributed by atoms with Crippen LogP contribution < -0.4 is 10.1 Å². The summed E-state index contributed by atoms with van der Waals surface area (Å²) in [6, 6.07) is 8.27. The fourth-order valence-corrected chi connectivity index (χ4v) is 4.66. The number of carbonyl (C=O) groups excluding carboxylic acids is 1. The van der Waals surface area contributed by atoms with E-state index in [1.807, 2.05) is 0 Å². The van der Waals surface area contributed by atoms with Crippen LogP contribution in [0.2, 0.25) is 0 Å². The number of sulfonamides is 1. The van der Waals surface area contributed by atoms with Gasteiger partial charge in [0.1, 0.15) is 5.75 Å².